The normalized spacial score (nSPS) is 12.7. The van der Waals surface area contributed by atoms with E-state index in [1.807, 2.05) is 0 Å². The van der Waals surface area contributed by atoms with Crippen LogP contribution in [0.4, 0.5) is 0 Å². The van der Waals surface area contributed by atoms with Crippen LogP contribution in [0.3, 0.4) is 0 Å². The number of carbonyl (C=O) groups excluding carboxylic acids is 3. The summed E-state index contributed by atoms with van der Waals surface area (Å²) >= 11 is 0. The molecule has 0 spiro atoms. The summed E-state index contributed by atoms with van der Waals surface area (Å²) in [7, 11) is 0. The number of rotatable bonds is 6. The van der Waals surface area contributed by atoms with E-state index in [1.54, 1.807) is 32.1 Å². The Morgan fingerprint density at radius 1 is 0.947 bits per heavy atom. The van der Waals surface area contributed by atoms with Gasteiger partial charge in [0.25, 0.3) is 6.29 Å². The van der Waals surface area contributed by atoms with Crippen LogP contribution in [0.1, 0.15) is 27.7 Å². The number of ether oxygens (including phenoxy) is 2. The molecule has 0 aliphatic rings. The van der Waals surface area contributed by atoms with Crippen LogP contribution in [0, 0.1) is 0 Å². The van der Waals surface area contributed by atoms with Crippen LogP contribution in [0.5, 0.6) is 0 Å². The summed E-state index contributed by atoms with van der Waals surface area (Å²) in [5.74, 6) is -1.09. The fraction of sp³-hybridized carbons (Fsp3) is 0.357. The van der Waals surface area contributed by atoms with Gasteiger partial charge in [-0.25, -0.2) is 0 Å². The molecule has 0 atom stereocenters. The lowest BCUT2D eigenvalue weighted by Gasteiger charge is -2.13. The monoisotopic (exact) mass is 266 g/mol. The highest BCUT2D eigenvalue weighted by Gasteiger charge is 2.11. The minimum Gasteiger partial charge on any atom is -0.421 e. The first-order valence-corrected chi connectivity index (χ1v) is 5.68. The topological polar surface area (TPSA) is 69.7 Å². The van der Waals surface area contributed by atoms with Gasteiger partial charge >= 0.3 is 11.9 Å². The van der Waals surface area contributed by atoms with Crippen molar-refractivity contribution in [2.45, 2.75) is 34.0 Å². The Hall–Kier alpha value is -2.17. The second kappa shape index (κ2) is 8.85. The molecule has 0 aliphatic carbocycles. The highest BCUT2D eigenvalue weighted by Crippen LogP contribution is 2.05. The van der Waals surface area contributed by atoms with Gasteiger partial charge in [0, 0.05) is 13.8 Å². The maximum Gasteiger partial charge on any atom is 0.305 e. The Morgan fingerprint density at radius 3 is 1.89 bits per heavy atom. The molecular formula is C14H18O5. The van der Waals surface area contributed by atoms with Crippen molar-refractivity contribution in [1.29, 1.82) is 0 Å². The minimum atomic E-state index is -1.05. The number of hydrogen-bond donors (Lipinski definition) is 0. The van der Waals surface area contributed by atoms with Gasteiger partial charge in [-0.2, -0.15) is 0 Å². The largest absolute Gasteiger partial charge is 0.421 e. The van der Waals surface area contributed by atoms with Crippen molar-refractivity contribution in [2.75, 3.05) is 0 Å². The third kappa shape index (κ3) is 9.52. The lowest BCUT2D eigenvalue weighted by molar-refractivity contribution is -0.176. The first-order chi connectivity index (χ1) is 8.85. The third-order valence-electron chi connectivity index (χ3n) is 1.87. The Kier molecular flexibility index (Phi) is 7.84. The molecule has 0 unspecified atom stereocenters. The Balaban J connectivity index is 4.76. The van der Waals surface area contributed by atoms with Crippen molar-refractivity contribution in [2.24, 2.45) is 0 Å². The zero-order valence-electron chi connectivity index (χ0n) is 11.5. The summed E-state index contributed by atoms with van der Waals surface area (Å²) in [4.78, 5) is 32.1. The molecule has 0 rings (SSSR count). The number of hydrogen-bond acceptors (Lipinski definition) is 5. The van der Waals surface area contributed by atoms with E-state index in [0.717, 1.165) is 11.9 Å². The van der Waals surface area contributed by atoms with E-state index in [9.17, 15) is 14.4 Å². The van der Waals surface area contributed by atoms with E-state index in [0.29, 0.717) is 5.57 Å². The van der Waals surface area contributed by atoms with Crippen LogP contribution < -0.4 is 0 Å². The molecule has 0 bridgehead atoms. The smallest absolute Gasteiger partial charge is 0.305 e. The summed E-state index contributed by atoms with van der Waals surface area (Å²) in [6.07, 6.45) is 6.20. The predicted molar refractivity (Wildman–Crippen MR) is 70.0 cm³/mol. The standard InChI is InChI=1S/C14H18O5/c1-10(6-5-7-11(2)9-15)8-14(18-12(3)16)19-13(4)17/h5-9,14H,1-4H3/b6-5+,10-8+,11-7+. The quantitative estimate of drug-likeness (QED) is 0.242. The lowest BCUT2D eigenvalue weighted by atomic mass is 10.2. The maximum atomic E-state index is 10.9. The van der Waals surface area contributed by atoms with Crippen LogP contribution in [-0.4, -0.2) is 24.5 Å². The minimum absolute atomic E-state index is 0.545. The average Bonchev–Trinajstić information content (AvgIpc) is 2.26. The maximum absolute atomic E-state index is 10.9. The molecule has 0 aromatic heterocycles. The van der Waals surface area contributed by atoms with E-state index < -0.39 is 18.2 Å². The van der Waals surface area contributed by atoms with Crippen LogP contribution in [0.25, 0.3) is 0 Å². The first-order valence-electron chi connectivity index (χ1n) is 5.68. The molecule has 19 heavy (non-hydrogen) atoms. The van der Waals surface area contributed by atoms with Crippen molar-refractivity contribution in [1.82, 2.24) is 0 Å². The summed E-state index contributed by atoms with van der Waals surface area (Å²) in [5.41, 5.74) is 1.31. The molecule has 0 aromatic carbocycles. The molecule has 0 saturated heterocycles. The van der Waals surface area contributed by atoms with Crippen LogP contribution >= 0.6 is 0 Å². The fourth-order valence-electron chi connectivity index (χ4n) is 1.08. The SMILES string of the molecule is CC(=O)OC(/C=C(C)/C=C/C=C(\C)C=O)OC(C)=O. The number of carbonyl (C=O) groups is 3. The molecule has 0 aliphatic heterocycles. The molecule has 0 radical (unpaired) electrons. The summed E-state index contributed by atoms with van der Waals surface area (Å²) in [6.45, 7) is 5.88. The highest BCUT2D eigenvalue weighted by atomic mass is 16.7. The van der Waals surface area contributed by atoms with Crippen LogP contribution in [0.2, 0.25) is 0 Å². The zero-order chi connectivity index (χ0) is 14.8. The van der Waals surface area contributed by atoms with Gasteiger partial charge in [0.15, 0.2) is 0 Å². The Labute approximate surface area is 112 Å². The van der Waals surface area contributed by atoms with Crippen LogP contribution in [-0.2, 0) is 23.9 Å². The molecule has 0 fully saturated rings. The number of allylic oxidation sites excluding steroid dienone is 5. The van der Waals surface area contributed by atoms with Gasteiger partial charge in [-0.3, -0.25) is 14.4 Å². The zero-order valence-corrected chi connectivity index (χ0v) is 11.5. The molecule has 0 heterocycles. The van der Waals surface area contributed by atoms with Crippen LogP contribution in [0.15, 0.2) is 35.5 Å². The third-order valence-corrected chi connectivity index (χ3v) is 1.87. The van der Waals surface area contributed by atoms with Gasteiger partial charge in [0.1, 0.15) is 6.29 Å². The van der Waals surface area contributed by atoms with E-state index in [2.05, 4.69) is 0 Å². The Bertz CT molecular complexity index is 413. The van der Waals surface area contributed by atoms with Crippen molar-refractivity contribution < 1.29 is 23.9 Å². The van der Waals surface area contributed by atoms with Gasteiger partial charge in [-0.05, 0) is 31.1 Å². The Morgan fingerprint density at radius 2 is 1.47 bits per heavy atom. The van der Waals surface area contributed by atoms with Gasteiger partial charge in [0.2, 0.25) is 0 Å². The van der Waals surface area contributed by atoms with Crippen molar-refractivity contribution in [3.8, 4) is 0 Å². The highest BCUT2D eigenvalue weighted by molar-refractivity contribution is 5.72. The van der Waals surface area contributed by atoms with Crippen molar-refractivity contribution in [3.05, 3.63) is 35.5 Å². The fourth-order valence-corrected chi connectivity index (χ4v) is 1.08. The molecule has 0 saturated carbocycles. The van der Waals surface area contributed by atoms with E-state index >= 15 is 0 Å². The molecule has 104 valence electrons. The average molecular weight is 266 g/mol. The van der Waals surface area contributed by atoms with Crippen molar-refractivity contribution >= 4 is 18.2 Å². The van der Waals surface area contributed by atoms with Crippen molar-refractivity contribution in [3.63, 3.8) is 0 Å². The lowest BCUT2D eigenvalue weighted by Crippen LogP contribution is -2.20. The molecule has 5 heteroatoms. The predicted octanol–water partition coefficient (Wildman–Crippen LogP) is 2.09. The van der Waals surface area contributed by atoms with E-state index in [-0.39, 0.29) is 0 Å². The van der Waals surface area contributed by atoms with Gasteiger partial charge in [-0.15, -0.1) is 0 Å². The van der Waals surface area contributed by atoms with E-state index in [4.69, 9.17) is 9.47 Å². The molecule has 0 N–H and O–H groups in total. The first kappa shape index (κ1) is 16.8. The molecule has 0 aromatic rings. The van der Waals surface area contributed by atoms with Gasteiger partial charge < -0.3 is 9.47 Å². The second-order valence-corrected chi connectivity index (χ2v) is 3.89. The van der Waals surface area contributed by atoms with E-state index in [1.165, 1.54) is 19.9 Å². The van der Waals surface area contributed by atoms with Gasteiger partial charge in [-0.1, -0.05) is 18.2 Å². The van der Waals surface area contributed by atoms with Gasteiger partial charge in [0.05, 0.1) is 0 Å². The summed E-state index contributed by atoms with van der Waals surface area (Å²) < 4.78 is 9.63. The number of aldehydes is 1. The summed E-state index contributed by atoms with van der Waals surface area (Å²) in [5, 5.41) is 0. The molecule has 5 nitrogen and oxygen atoms in total. The molecule has 0 amide bonds. The molecular weight excluding hydrogens is 248 g/mol. The second-order valence-electron chi connectivity index (χ2n) is 3.89. The number of esters is 2. The summed E-state index contributed by atoms with van der Waals surface area (Å²) in [6, 6.07) is 0.